The SMILES string of the molecule is Fc1ccc(-c2cncc(-c3ccc(F)cc3)c2CBr)cc1. The van der Waals surface area contributed by atoms with Crippen LogP contribution in [0.1, 0.15) is 5.56 Å². The van der Waals surface area contributed by atoms with Gasteiger partial charge in [0, 0.05) is 28.9 Å². The second-order valence-corrected chi connectivity index (χ2v) is 5.42. The van der Waals surface area contributed by atoms with Crippen molar-refractivity contribution in [3.05, 3.63) is 78.1 Å². The van der Waals surface area contributed by atoms with E-state index in [0.29, 0.717) is 5.33 Å². The van der Waals surface area contributed by atoms with Crippen LogP contribution in [-0.4, -0.2) is 4.98 Å². The topological polar surface area (TPSA) is 12.9 Å². The quantitative estimate of drug-likeness (QED) is 0.555. The van der Waals surface area contributed by atoms with Crippen molar-refractivity contribution < 1.29 is 8.78 Å². The Bertz CT molecular complexity index is 719. The summed E-state index contributed by atoms with van der Waals surface area (Å²) in [5.74, 6) is -0.543. The number of alkyl halides is 1. The third-order valence-corrected chi connectivity index (χ3v) is 4.06. The molecular formula is C18H12BrF2N. The minimum atomic E-state index is -0.271. The predicted molar refractivity (Wildman–Crippen MR) is 87.7 cm³/mol. The average molecular weight is 360 g/mol. The first kappa shape index (κ1) is 14.9. The highest BCUT2D eigenvalue weighted by Crippen LogP contribution is 2.33. The van der Waals surface area contributed by atoms with Crippen LogP contribution in [0.2, 0.25) is 0 Å². The first-order valence-corrected chi connectivity index (χ1v) is 7.86. The summed E-state index contributed by atoms with van der Waals surface area (Å²) in [5.41, 5.74) is 4.69. The molecular weight excluding hydrogens is 348 g/mol. The zero-order valence-electron chi connectivity index (χ0n) is 11.6. The second kappa shape index (κ2) is 6.36. The number of aromatic nitrogens is 1. The molecule has 4 heteroatoms. The molecule has 2 aromatic carbocycles. The maximum atomic E-state index is 13.1. The molecule has 0 unspecified atom stereocenters. The van der Waals surface area contributed by atoms with E-state index in [9.17, 15) is 8.78 Å². The lowest BCUT2D eigenvalue weighted by atomic mass is 9.95. The first-order valence-electron chi connectivity index (χ1n) is 6.74. The Labute approximate surface area is 135 Å². The van der Waals surface area contributed by atoms with Gasteiger partial charge in [0.25, 0.3) is 0 Å². The maximum absolute atomic E-state index is 13.1. The van der Waals surface area contributed by atoms with Gasteiger partial charge in [-0.25, -0.2) is 8.78 Å². The zero-order chi connectivity index (χ0) is 15.5. The first-order chi connectivity index (χ1) is 10.7. The molecule has 0 aliphatic rings. The van der Waals surface area contributed by atoms with Crippen LogP contribution in [0.25, 0.3) is 22.3 Å². The summed E-state index contributed by atoms with van der Waals surface area (Å²) in [6.07, 6.45) is 3.52. The molecule has 0 atom stereocenters. The van der Waals surface area contributed by atoms with Crippen molar-refractivity contribution >= 4 is 15.9 Å². The molecule has 1 nitrogen and oxygen atoms in total. The Morgan fingerprint density at radius 3 is 1.50 bits per heavy atom. The second-order valence-electron chi connectivity index (χ2n) is 4.86. The number of hydrogen-bond acceptors (Lipinski definition) is 1. The molecule has 0 saturated carbocycles. The van der Waals surface area contributed by atoms with Crippen LogP contribution in [-0.2, 0) is 5.33 Å². The molecule has 3 aromatic rings. The lowest BCUT2D eigenvalue weighted by Gasteiger charge is -2.13. The van der Waals surface area contributed by atoms with Crippen LogP contribution >= 0.6 is 15.9 Å². The van der Waals surface area contributed by atoms with Gasteiger partial charge in [-0.3, -0.25) is 4.98 Å². The van der Waals surface area contributed by atoms with Crippen molar-refractivity contribution in [2.45, 2.75) is 5.33 Å². The minimum absolute atomic E-state index is 0.271. The third-order valence-electron chi connectivity index (χ3n) is 3.50. The smallest absolute Gasteiger partial charge is 0.123 e. The number of halogens is 3. The van der Waals surface area contributed by atoms with Crippen molar-refractivity contribution in [2.24, 2.45) is 0 Å². The largest absolute Gasteiger partial charge is 0.263 e. The molecule has 3 rings (SSSR count). The summed E-state index contributed by atoms with van der Waals surface area (Å²) < 4.78 is 26.2. The Kier molecular flexibility index (Phi) is 4.29. The Hall–Kier alpha value is -2.07. The van der Waals surface area contributed by atoms with Crippen LogP contribution < -0.4 is 0 Å². The molecule has 0 saturated heterocycles. The lowest BCUT2D eigenvalue weighted by molar-refractivity contribution is 0.627. The number of benzene rings is 2. The third kappa shape index (κ3) is 2.92. The lowest BCUT2D eigenvalue weighted by Crippen LogP contribution is -1.94. The number of pyridine rings is 1. The van der Waals surface area contributed by atoms with Gasteiger partial charge in [-0.05, 0) is 41.0 Å². The molecule has 0 N–H and O–H groups in total. The van der Waals surface area contributed by atoms with E-state index in [1.807, 2.05) is 0 Å². The Morgan fingerprint density at radius 2 is 1.14 bits per heavy atom. The van der Waals surface area contributed by atoms with E-state index in [-0.39, 0.29) is 11.6 Å². The predicted octanol–water partition coefficient (Wildman–Crippen LogP) is 5.59. The van der Waals surface area contributed by atoms with Gasteiger partial charge in [-0.15, -0.1) is 0 Å². The molecule has 0 fully saturated rings. The summed E-state index contributed by atoms with van der Waals surface area (Å²) >= 11 is 3.51. The van der Waals surface area contributed by atoms with E-state index >= 15 is 0 Å². The summed E-state index contributed by atoms with van der Waals surface area (Å²) in [5, 5.41) is 0.620. The highest BCUT2D eigenvalue weighted by molar-refractivity contribution is 9.08. The van der Waals surface area contributed by atoms with E-state index in [1.165, 1.54) is 24.3 Å². The molecule has 0 amide bonds. The van der Waals surface area contributed by atoms with Gasteiger partial charge >= 0.3 is 0 Å². The number of rotatable bonds is 3. The fourth-order valence-corrected chi connectivity index (χ4v) is 2.99. The van der Waals surface area contributed by atoms with E-state index in [4.69, 9.17) is 0 Å². The molecule has 0 bridgehead atoms. The van der Waals surface area contributed by atoms with Crippen molar-refractivity contribution in [2.75, 3.05) is 0 Å². The van der Waals surface area contributed by atoms with Gasteiger partial charge in [-0.1, -0.05) is 40.2 Å². The van der Waals surface area contributed by atoms with E-state index in [2.05, 4.69) is 20.9 Å². The molecule has 0 radical (unpaired) electrons. The van der Waals surface area contributed by atoms with E-state index in [0.717, 1.165) is 27.8 Å². The fourth-order valence-electron chi connectivity index (χ4n) is 2.39. The molecule has 110 valence electrons. The van der Waals surface area contributed by atoms with Crippen LogP contribution in [0, 0.1) is 11.6 Å². The van der Waals surface area contributed by atoms with Gasteiger partial charge in [-0.2, -0.15) is 0 Å². The summed E-state index contributed by atoms with van der Waals surface area (Å²) in [7, 11) is 0. The molecule has 22 heavy (non-hydrogen) atoms. The number of nitrogens with zero attached hydrogens (tertiary/aromatic N) is 1. The van der Waals surface area contributed by atoms with Gasteiger partial charge in [0.1, 0.15) is 11.6 Å². The van der Waals surface area contributed by atoms with E-state index < -0.39 is 0 Å². The molecule has 0 aliphatic carbocycles. The maximum Gasteiger partial charge on any atom is 0.123 e. The summed E-state index contributed by atoms with van der Waals surface area (Å²) in [6.45, 7) is 0. The van der Waals surface area contributed by atoms with Crippen molar-refractivity contribution in [1.29, 1.82) is 0 Å². The summed E-state index contributed by atoms with van der Waals surface area (Å²) in [6, 6.07) is 12.6. The number of hydrogen-bond donors (Lipinski definition) is 0. The van der Waals surface area contributed by atoms with Crippen LogP contribution in [0.15, 0.2) is 60.9 Å². The van der Waals surface area contributed by atoms with Gasteiger partial charge in [0.2, 0.25) is 0 Å². The van der Waals surface area contributed by atoms with Crippen molar-refractivity contribution in [3.8, 4) is 22.3 Å². The fraction of sp³-hybridized carbons (Fsp3) is 0.0556. The monoisotopic (exact) mass is 359 g/mol. The molecule has 0 aliphatic heterocycles. The highest BCUT2D eigenvalue weighted by atomic mass is 79.9. The molecule has 0 spiro atoms. The van der Waals surface area contributed by atoms with Crippen LogP contribution in [0.3, 0.4) is 0 Å². The van der Waals surface area contributed by atoms with Gasteiger partial charge in [0.05, 0.1) is 0 Å². The highest BCUT2D eigenvalue weighted by Gasteiger charge is 2.12. The van der Waals surface area contributed by atoms with Gasteiger partial charge < -0.3 is 0 Å². The van der Waals surface area contributed by atoms with Crippen molar-refractivity contribution in [1.82, 2.24) is 4.98 Å². The summed E-state index contributed by atoms with van der Waals surface area (Å²) in [4.78, 5) is 4.28. The van der Waals surface area contributed by atoms with Crippen LogP contribution in [0.4, 0.5) is 8.78 Å². The van der Waals surface area contributed by atoms with Crippen LogP contribution in [0.5, 0.6) is 0 Å². The Balaban J connectivity index is 2.15. The average Bonchev–Trinajstić information content (AvgIpc) is 2.55. The standard InChI is InChI=1S/C18H12BrF2N/c19-9-16-17(12-1-5-14(20)6-2-12)10-22-11-18(16)13-3-7-15(21)8-4-13/h1-8,10-11H,9H2. The zero-order valence-corrected chi connectivity index (χ0v) is 13.1. The van der Waals surface area contributed by atoms with Crippen molar-refractivity contribution in [3.63, 3.8) is 0 Å². The molecule has 1 heterocycles. The molecule has 1 aromatic heterocycles. The van der Waals surface area contributed by atoms with E-state index in [1.54, 1.807) is 36.7 Å². The van der Waals surface area contributed by atoms with Gasteiger partial charge in [0.15, 0.2) is 0 Å². The normalized spacial score (nSPS) is 10.7. The minimum Gasteiger partial charge on any atom is -0.263 e. The Morgan fingerprint density at radius 1 is 0.727 bits per heavy atom.